The van der Waals surface area contributed by atoms with Gasteiger partial charge >= 0.3 is 52.6 Å². The van der Waals surface area contributed by atoms with E-state index in [4.69, 9.17) is 70.5 Å². The predicted molar refractivity (Wildman–Crippen MR) is 241 cm³/mol. The van der Waals surface area contributed by atoms with Gasteiger partial charge in [0, 0.05) is 25.2 Å². The van der Waals surface area contributed by atoms with E-state index in [0.29, 0.717) is 0 Å². The van der Waals surface area contributed by atoms with Crippen LogP contribution in [0.3, 0.4) is 0 Å². The molecule has 2 aliphatic heterocycles. The summed E-state index contributed by atoms with van der Waals surface area (Å²) in [5, 5.41) is -0.0149. The Kier molecular flexibility index (Phi) is 20.3. The lowest BCUT2D eigenvalue weighted by atomic mass is 10.2. The molecule has 6 unspecified atom stereocenters. The summed E-state index contributed by atoms with van der Waals surface area (Å²) in [5.74, 6) is 9.46. The number of phosphoric ester groups is 2. The topological polar surface area (TPSA) is 546 Å². The van der Waals surface area contributed by atoms with Crippen molar-refractivity contribution in [2.75, 3.05) is 49.6 Å². The molecule has 3 aromatic heterocycles. The molecule has 0 radical (unpaired) electrons. The van der Waals surface area contributed by atoms with E-state index in [1.165, 1.54) is 17.0 Å². The molecule has 0 aliphatic carbocycles. The van der Waals surface area contributed by atoms with Crippen LogP contribution in [-0.4, -0.2) is 126 Å². The quantitative estimate of drug-likeness (QED) is 0.0180. The number of rotatable bonds is 23. The first kappa shape index (κ1) is 59.2. The van der Waals surface area contributed by atoms with Crippen molar-refractivity contribution in [1.82, 2.24) is 24.1 Å². The van der Waals surface area contributed by atoms with Gasteiger partial charge in [-0.2, -0.15) is 27.2 Å². The fourth-order valence-corrected chi connectivity index (χ4v) is 13.6. The van der Waals surface area contributed by atoms with Crippen molar-refractivity contribution in [3.8, 4) is 23.7 Å². The highest BCUT2D eigenvalue weighted by Crippen LogP contribution is 2.67. The summed E-state index contributed by atoms with van der Waals surface area (Å²) in [6.07, 6.45) is -5.15. The number of fused-ring (bicyclic) bond motifs is 1. The average molecular weight is 1170 g/mol. The molecule has 2 aliphatic rings. The Hall–Kier alpha value is -2.70. The van der Waals surface area contributed by atoms with Crippen molar-refractivity contribution >= 4 is 91.3 Å². The van der Waals surface area contributed by atoms with Gasteiger partial charge in [0.05, 0.1) is 55.0 Å². The Morgan fingerprint density at radius 1 is 0.676 bits per heavy atom. The third kappa shape index (κ3) is 18.0. The molecular formula is C28H41N9O26P6S2. The third-order valence-electron chi connectivity index (χ3n) is 8.69. The molecule has 0 bridgehead atoms. The molecule has 35 nitrogen and oxygen atoms in total. The molecule has 0 aromatic carbocycles. The minimum Gasteiger partial charge on any atom is -0.382 e. The first-order valence-corrected chi connectivity index (χ1v) is 30.4. The normalized spacial score (nSPS) is 24.0. The lowest BCUT2D eigenvalue weighted by Crippen LogP contribution is -2.29. The van der Waals surface area contributed by atoms with Crippen molar-refractivity contribution in [3.05, 3.63) is 44.4 Å². The second-order valence-electron chi connectivity index (χ2n) is 13.7. The number of anilines is 2. The number of nitrogens with two attached hydrogens (primary N) is 4. The van der Waals surface area contributed by atoms with Gasteiger partial charge in [0.25, 0.3) is 5.56 Å². The van der Waals surface area contributed by atoms with Gasteiger partial charge < -0.3 is 85.6 Å². The van der Waals surface area contributed by atoms with Crippen LogP contribution in [0.25, 0.3) is 11.0 Å². The van der Waals surface area contributed by atoms with E-state index in [2.05, 4.69) is 55.9 Å². The molecule has 71 heavy (non-hydrogen) atoms. The zero-order valence-corrected chi connectivity index (χ0v) is 42.3. The van der Waals surface area contributed by atoms with Crippen LogP contribution in [0.2, 0.25) is 0 Å². The van der Waals surface area contributed by atoms with Crippen molar-refractivity contribution in [2.45, 2.75) is 49.7 Å². The first-order chi connectivity index (χ1) is 32.9. The highest BCUT2D eigenvalue weighted by molar-refractivity contribution is 8.76. The first-order valence-electron chi connectivity index (χ1n) is 18.9. The molecule has 396 valence electrons. The number of nitrogen functional groups attached to an aromatic ring is 2. The molecule has 0 spiro atoms. The van der Waals surface area contributed by atoms with E-state index >= 15 is 0 Å². The van der Waals surface area contributed by atoms with Crippen LogP contribution < -0.4 is 34.2 Å². The number of aromatic nitrogens is 5. The zero-order chi connectivity index (χ0) is 52.7. The van der Waals surface area contributed by atoms with Crippen molar-refractivity contribution in [1.29, 1.82) is 0 Å². The Labute approximate surface area is 404 Å². The second kappa shape index (κ2) is 24.3. The number of H-pyrrole nitrogens is 1. The number of hydrogen-bond acceptors (Lipinski definition) is 26. The van der Waals surface area contributed by atoms with Gasteiger partial charge in [0.1, 0.15) is 42.4 Å². The van der Waals surface area contributed by atoms with Crippen LogP contribution in [0, 0.1) is 23.7 Å². The van der Waals surface area contributed by atoms with Crippen LogP contribution >= 0.6 is 68.5 Å². The van der Waals surface area contributed by atoms with Crippen molar-refractivity contribution in [3.63, 3.8) is 0 Å². The molecule has 5 heterocycles. The maximum atomic E-state index is 12.9. The summed E-state index contributed by atoms with van der Waals surface area (Å²) in [6, 6.07) is 0. The summed E-state index contributed by atoms with van der Waals surface area (Å²) >= 11 is 0. The number of ether oxygens (including phenoxy) is 4. The van der Waals surface area contributed by atoms with Crippen LogP contribution in [-0.2, 0) is 72.6 Å². The maximum Gasteiger partial charge on any atom is 0.490 e. The average Bonchev–Trinajstić information content (AvgIpc) is 3.92. The highest BCUT2D eigenvalue weighted by atomic mass is 33.1. The summed E-state index contributed by atoms with van der Waals surface area (Å²) in [4.78, 5) is 111. The van der Waals surface area contributed by atoms with Gasteiger partial charge in [-0.1, -0.05) is 45.3 Å². The van der Waals surface area contributed by atoms with Crippen LogP contribution in [0.15, 0.2) is 22.0 Å². The number of aromatic amines is 1. The van der Waals surface area contributed by atoms with E-state index in [-0.39, 0.29) is 71.7 Å². The summed E-state index contributed by atoms with van der Waals surface area (Å²) < 4.78 is 122. The van der Waals surface area contributed by atoms with E-state index in [9.17, 15) is 56.6 Å². The monoisotopic (exact) mass is 1170 g/mol. The molecule has 0 saturated carbocycles. The van der Waals surface area contributed by atoms with Gasteiger partial charge in [0.15, 0.2) is 5.65 Å². The van der Waals surface area contributed by atoms with Crippen molar-refractivity contribution in [2.24, 2.45) is 11.5 Å². The lowest BCUT2D eigenvalue weighted by molar-refractivity contribution is -0.0543. The molecule has 0 amide bonds. The number of nitrogens with one attached hydrogen (secondary N) is 1. The van der Waals surface area contributed by atoms with Crippen LogP contribution in [0.1, 0.15) is 36.4 Å². The highest BCUT2D eigenvalue weighted by Gasteiger charge is 2.46. The fraction of sp³-hybridized carbons (Fsp3) is 0.500. The van der Waals surface area contributed by atoms with Gasteiger partial charge in [-0.25, -0.2) is 32.2 Å². The molecule has 10 atom stereocenters. The molecule has 2 fully saturated rings. The third-order valence-corrected chi connectivity index (χ3v) is 18.0. The second-order valence-corrected chi connectivity index (χ2v) is 24.9. The number of phosphoric acid groups is 6. The minimum atomic E-state index is -5.90. The Bertz CT molecular complexity index is 2980. The van der Waals surface area contributed by atoms with Gasteiger partial charge in [0.2, 0.25) is 5.95 Å². The molecule has 43 heteroatoms. The molecule has 2 saturated heterocycles. The SMILES string of the molecule is NCC#Cc1cn([C@H]2CC(OCSSCOC3C[C@H](n4cc(C#CCN)c5c(=O)[nH]c(N)nc54)O[C@@H]3COP(=O)(O)OP(=O)(O)OP(=O)(O)O)[C@@H](COP(=O)(O)OP(=O)(O)OP(=O)(O)O)O2)c(=O)nc1N. The van der Waals surface area contributed by atoms with Gasteiger partial charge in [-0.15, -0.1) is 0 Å². The van der Waals surface area contributed by atoms with E-state index in [1.807, 2.05) is 0 Å². The molecule has 3 aromatic rings. The Morgan fingerprint density at radius 3 is 1.59 bits per heavy atom. The summed E-state index contributed by atoms with van der Waals surface area (Å²) in [5.41, 5.74) is 21.1. The standard InChI is InChI=1S/C28H41N9O26P6S2/c29-5-1-3-15-9-36(25-23(15)26(38)35-27(32)34-25)21-7-17(19(58-21)11-56-66(46,47)62-68(50,51)60-64(40,41)42)54-13-70-71-14-55-18-8-22(37-10-16(4-2-6-30)24(31)33-28(37)39)59-20(18)12-57-67(48,49)63-69(52,53)61-65(43,44)45/h9-10,17-22H,5-8,11-14,29-30H2,(H,46,47)(H,48,49)(H,50,51)(H,52,53)(H2,31,33,39)(H2,40,41,42)(H2,43,44,45)(H3,32,34,35,38)/t17?,18?,19-,20-,21-,22-/m1/s1. The predicted octanol–water partition coefficient (Wildman–Crippen LogP) is -0.905. The number of hydrogen-bond donors (Lipinski definition) is 13. The van der Waals surface area contributed by atoms with Crippen molar-refractivity contribution < 1.29 is 112 Å². The zero-order valence-electron chi connectivity index (χ0n) is 35.3. The summed E-state index contributed by atoms with van der Waals surface area (Å²) in [6.45, 7) is -2.12. The Morgan fingerprint density at radius 2 is 1.13 bits per heavy atom. The lowest BCUT2D eigenvalue weighted by Gasteiger charge is -2.21. The van der Waals surface area contributed by atoms with Crippen LogP contribution in [0.4, 0.5) is 11.8 Å². The summed E-state index contributed by atoms with van der Waals surface area (Å²) in [7, 11) is -32.6. The van der Waals surface area contributed by atoms with Gasteiger partial charge in [-0.3, -0.25) is 23.4 Å². The smallest absolute Gasteiger partial charge is 0.382 e. The largest absolute Gasteiger partial charge is 0.490 e. The minimum absolute atomic E-state index is 0.0149. The van der Waals surface area contributed by atoms with Gasteiger partial charge in [-0.05, 0) is 0 Å². The van der Waals surface area contributed by atoms with E-state index in [0.717, 1.165) is 26.2 Å². The number of nitrogens with zero attached hydrogens (tertiary/aromatic N) is 4. The fourth-order valence-electron chi connectivity index (χ4n) is 6.20. The van der Waals surface area contributed by atoms with E-state index in [1.54, 1.807) is 0 Å². The molecule has 17 N–H and O–H groups in total. The van der Waals surface area contributed by atoms with Crippen LogP contribution in [0.5, 0.6) is 0 Å². The van der Waals surface area contributed by atoms with E-state index < -0.39 is 108 Å². The molecule has 5 rings (SSSR count). The maximum absolute atomic E-state index is 12.9. The molecular weight excluding hydrogens is 1130 g/mol. The Balaban J connectivity index is 1.30.